The van der Waals surface area contributed by atoms with Crippen molar-refractivity contribution in [3.63, 3.8) is 0 Å². The number of likely N-dealkylation sites (tertiary alicyclic amines) is 1. The van der Waals surface area contributed by atoms with Crippen molar-refractivity contribution in [1.82, 2.24) is 19.7 Å². The third-order valence-electron chi connectivity index (χ3n) is 4.30. The van der Waals surface area contributed by atoms with Crippen LogP contribution < -0.4 is 5.32 Å². The molecule has 21 heavy (non-hydrogen) atoms. The van der Waals surface area contributed by atoms with Gasteiger partial charge in [0.1, 0.15) is 6.33 Å². The summed E-state index contributed by atoms with van der Waals surface area (Å²) in [6, 6.07) is 9.03. The third-order valence-corrected chi connectivity index (χ3v) is 4.30. The van der Waals surface area contributed by atoms with Crippen molar-refractivity contribution >= 4 is 5.69 Å². The van der Waals surface area contributed by atoms with E-state index in [0.29, 0.717) is 6.04 Å². The fourth-order valence-electron chi connectivity index (χ4n) is 2.95. The molecule has 5 nitrogen and oxygen atoms in total. The van der Waals surface area contributed by atoms with E-state index < -0.39 is 0 Å². The molecule has 3 rings (SSSR count). The number of aryl methyl sites for hydroxylation is 1. The SMILES string of the molecule is CN1CCCCC1CNc1cccc(-c2nncn2C)c1. The van der Waals surface area contributed by atoms with Crippen LogP contribution in [0.25, 0.3) is 11.4 Å². The zero-order chi connectivity index (χ0) is 14.7. The molecule has 1 N–H and O–H groups in total. The fourth-order valence-corrected chi connectivity index (χ4v) is 2.95. The normalized spacial score (nSPS) is 19.6. The maximum atomic E-state index is 4.17. The molecule has 1 fully saturated rings. The number of anilines is 1. The van der Waals surface area contributed by atoms with Crippen LogP contribution in [0.2, 0.25) is 0 Å². The van der Waals surface area contributed by atoms with Gasteiger partial charge < -0.3 is 14.8 Å². The van der Waals surface area contributed by atoms with E-state index in [1.54, 1.807) is 6.33 Å². The number of nitrogens with zero attached hydrogens (tertiary/aromatic N) is 4. The molecular weight excluding hydrogens is 262 g/mol. The van der Waals surface area contributed by atoms with E-state index in [0.717, 1.165) is 23.6 Å². The van der Waals surface area contributed by atoms with Gasteiger partial charge in [0, 0.05) is 30.9 Å². The summed E-state index contributed by atoms with van der Waals surface area (Å²) < 4.78 is 1.94. The lowest BCUT2D eigenvalue weighted by molar-refractivity contribution is 0.194. The monoisotopic (exact) mass is 285 g/mol. The second-order valence-corrected chi connectivity index (χ2v) is 5.86. The first-order valence-electron chi connectivity index (χ1n) is 7.62. The minimum Gasteiger partial charge on any atom is -0.383 e. The van der Waals surface area contributed by atoms with Gasteiger partial charge in [-0.05, 0) is 38.6 Å². The molecule has 1 aromatic heterocycles. The molecule has 0 aliphatic carbocycles. The van der Waals surface area contributed by atoms with E-state index >= 15 is 0 Å². The van der Waals surface area contributed by atoms with Crippen LogP contribution in [0.3, 0.4) is 0 Å². The van der Waals surface area contributed by atoms with Gasteiger partial charge in [0.15, 0.2) is 5.82 Å². The van der Waals surface area contributed by atoms with Crippen LogP contribution in [0.1, 0.15) is 19.3 Å². The van der Waals surface area contributed by atoms with Crippen molar-refractivity contribution in [3.05, 3.63) is 30.6 Å². The molecule has 1 unspecified atom stereocenters. The molecule has 0 saturated carbocycles. The molecule has 2 aromatic rings. The Morgan fingerprint density at radius 3 is 2.95 bits per heavy atom. The smallest absolute Gasteiger partial charge is 0.163 e. The Bertz CT molecular complexity index is 592. The number of hydrogen-bond donors (Lipinski definition) is 1. The largest absolute Gasteiger partial charge is 0.383 e. The Morgan fingerprint density at radius 2 is 2.19 bits per heavy atom. The Kier molecular flexibility index (Phi) is 4.20. The van der Waals surface area contributed by atoms with Gasteiger partial charge >= 0.3 is 0 Å². The molecule has 0 radical (unpaired) electrons. The highest BCUT2D eigenvalue weighted by Crippen LogP contribution is 2.21. The van der Waals surface area contributed by atoms with Gasteiger partial charge in [0.2, 0.25) is 0 Å². The van der Waals surface area contributed by atoms with Crippen molar-refractivity contribution in [2.45, 2.75) is 25.3 Å². The van der Waals surface area contributed by atoms with Crippen molar-refractivity contribution in [2.24, 2.45) is 7.05 Å². The van der Waals surface area contributed by atoms with Gasteiger partial charge in [0.05, 0.1) is 0 Å². The van der Waals surface area contributed by atoms with E-state index in [1.165, 1.54) is 25.8 Å². The molecule has 0 spiro atoms. The lowest BCUT2D eigenvalue weighted by atomic mass is 10.0. The number of rotatable bonds is 4. The summed E-state index contributed by atoms with van der Waals surface area (Å²) in [4.78, 5) is 2.46. The number of likely N-dealkylation sites (N-methyl/N-ethyl adjacent to an activating group) is 1. The Balaban J connectivity index is 1.68. The number of benzene rings is 1. The van der Waals surface area contributed by atoms with Gasteiger partial charge in [-0.2, -0.15) is 0 Å². The molecule has 1 atom stereocenters. The predicted octanol–water partition coefficient (Wildman–Crippen LogP) is 2.38. The van der Waals surface area contributed by atoms with Crippen LogP contribution in [0.15, 0.2) is 30.6 Å². The first kappa shape index (κ1) is 14.1. The molecule has 1 saturated heterocycles. The fraction of sp³-hybridized carbons (Fsp3) is 0.500. The average Bonchev–Trinajstić information content (AvgIpc) is 2.93. The van der Waals surface area contributed by atoms with E-state index in [-0.39, 0.29) is 0 Å². The summed E-state index contributed by atoms with van der Waals surface area (Å²) in [5.74, 6) is 0.897. The van der Waals surface area contributed by atoms with E-state index in [9.17, 15) is 0 Å². The molecule has 112 valence electrons. The Labute approximate surface area is 126 Å². The average molecular weight is 285 g/mol. The maximum Gasteiger partial charge on any atom is 0.163 e. The number of aromatic nitrogens is 3. The summed E-state index contributed by atoms with van der Waals surface area (Å²) in [6.45, 7) is 2.21. The van der Waals surface area contributed by atoms with Crippen LogP contribution in [0.4, 0.5) is 5.69 Å². The van der Waals surface area contributed by atoms with Gasteiger partial charge in [-0.3, -0.25) is 0 Å². The molecule has 2 heterocycles. The van der Waals surface area contributed by atoms with Gasteiger partial charge in [-0.15, -0.1) is 10.2 Å². The summed E-state index contributed by atoms with van der Waals surface area (Å²) in [6.07, 6.45) is 5.68. The zero-order valence-electron chi connectivity index (χ0n) is 12.8. The molecule has 1 aliphatic heterocycles. The van der Waals surface area contributed by atoms with Crippen LogP contribution in [-0.2, 0) is 7.05 Å². The quantitative estimate of drug-likeness (QED) is 0.937. The lowest BCUT2D eigenvalue weighted by Gasteiger charge is -2.32. The van der Waals surface area contributed by atoms with Gasteiger partial charge in [-0.1, -0.05) is 18.6 Å². The minimum absolute atomic E-state index is 0.636. The number of hydrogen-bond acceptors (Lipinski definition) is 4. The highest BCUT2D eigenvalue weighted by molar-refractivity contribution is 5.62. The lowest BCUT2D eigenvalue weighted by Crippen LogP contribution is -2.40. The maximum absolute atomic E-state index is 4.17. The molecule has 1 aromatic carbocycles. The standard InChI is InChI=1S/C16H23N5/c1-20-9-4-3-8-15(20)11-17-14-7-5-6-13(10-14)16-19-18-12-21(16)2/h5-7,10,12,15,17H,3-4,8-9,11H2,1-2H3. The second kappa shape index (κ2) is 6.26. The van der Waals surface area contributed by atoms with E-state index in [1.807, 2.05) is 11.6 Å². The summed E-state index contributed by atoms with van der Waals surface area (Å²) in [5.41, 5.74) is 2.24. The van der Waals surface area contributed by atoms with Gasteiger partial charge in [0.25, 0.3) is 0 Å². The number of nitrogens with one attached hydrogen (secondary N) is 1. The van der Waals surface area contributed by atoms with Gasteiger partial charge in [-0.25, -0.2) is 0 Å². The summed E-state index contributed by atoms with van der Waals surface area (Å²) in [7, 11) is 4.19. The predicted molar refractivity (Wildman–Crippen MR) is 85.2 cm³/mol. The first-order valence-corrected chi connectivity index (χ1v) is 7.62. The highest BCUT2D eigenvalue weighted by atomic mass is 15.2. The van der Waals surface area contributed by atoms with Crippen molar-refractivity contribution in [3.8, 4) is 11.4 Å². The minimum atomic E-state index is 0.636. The second-order valence-electron chi connectivity index (χ2n) is 5.86. The van der Waals surface area contributed by atoms with E-state index in [4.69, 9.17) is 0 Å². The summed E-state index contributed by atoms with van der Waals surface area (Å²) >= 11 is 0. The Morgan fingerprint density at radius 1 is 1.29 bits per heavy atom. The Hall–Kier alpha value is -1.88. The molecule has 5 heteroatoms. The zero-order valence-corrected chi connectivity index (χ0v) is 12.8. The van der Waals surface area contributed by atoms with Crippen LogP contribution >= 0.6 is 0 Å². The van der Waals surface area contributed by atoms with Crippen LogP contribution in [0.5, 0.6) is 0 Å². The molecule has 0 amide bonds. The van der Waals surface area contributed by atoms with Crippen molar-refractivity contribution in [2.75, 3.05) is 25.5 Å². The molecule has 1 aliphatic rings. The molecule has 0 bridgehead atoms. The number of piperidine rings is 1. The van der Waals surface area contributed by atoms with Crippen molar-refractivity contribution < 1.29 is 0 Å². The third kappa shape index (κ3) is 3.24. The first-order chi connectivity index (χ1) is 10.2. The van der Waals surface area contributed by atoms with Crippen LogP contribution in [0, 0.1) is 0 Å². The van der Waals surface area contributed by atoms with Crippen LogP contribution in [-0.4, -0.2) is 45.8 Å². The van der Waals surface area contributed by atoms with E-state index in [2.05, 4.69) is 51.7 Å². The topological polar surface area (TPSA) is 46.0 Å². The molecular formula is C16H23N5. The summed E-state index contributed by atoms with van der Waals surface area (Å²) in [5, 5.41) is 11.7. The van der Waals surface area contributed by atoms with Crippen molar-refractivity contribution in [1.29, 1.82) is 0 Å². The highest BCUT2D eigenvalue weighted by Gasteiger charge is 2.18.